The average molecular weight is 523 g/mol. The number of hydrogen-bond acceptors (Lipinski definition) is 7. The highest BCUT2D eigenvalue weighted by Gasteiger charge is 2.15. The number of aromatic nitrogens is 5. The summed E-state index contributed by atoms with van der Waals surface area (Å²) in [6.07, 6.45) is 4.79. The summed E-state index contributed by atoms with van der Waals surface area (Å²) in [7, 11) is 0. The highest BCUT2D eigenvalue weighted by Crippen LogP contribution is 2.26. The van der Waals surface area contributed by atoms with E-state index in [2.05, 4.69) is 30.9 Å². The lowest BCUT2D eigenvalue weighted by Gasteiger charge is -2.11. The number of rotatable bonds is 7. The van der Waals surface area contributed by atoms with Gasteiger partial charge in [0, 0.05) is 42.5 Å². The van der Waals surface area contributed by atoms with Crippen LogP contribution in [0.15, 0.2) is 79.4 Å². The summed E-state index contributed by atoms with van der Waals surface area (Å²) >= 11 is 0. The first-order chi connectivity index (χ1) is 18.8. The summed E-state index contributed by atoms with van der Waals surface area (Å²) in [5.74, 6) is 1.94. The van der Waals surface area contributed by atoms with Crippen molar-refractivity contribution in [3.8, 4) is 17.2 Å². The SMILES string of the molecule is CC(=O)Nc1cc(Oc2ccc(NC(=O)Nc3cc(C(C)C)nn3-c3ccc4ncncc4c3)cc2)ccn1. The van der Waals surface area contributed by atoms with Crippen molar-refractivity contribution >= 4 is 40.2 Å². The fourth-order valence-corrected chi connectivity index (χ4v) is 3.82. The Kier molecular flexibility index (Phi) is 7.13. The molecule has 0 aliphatic carbocycles. The van der Waals surface area contributed by atoms with Crippen LogP contribution in [0.25, 0.3) is 16.6 Å². The molecule has 3 amide bonds. The summed E-state index contributed by atoms with van der Waals surface area (Å²) in [5, 5.41) is 13.9. The second kappa shape index (κ2) is 11.0. The molecule has 5 aromatic rings. The second-order valence-corrected chi connectivity index (χ2v) is 9.05. The van der Waals surface area contributed by atoms with Crippen LogP contribution >= 0.6 is 0 Å². The molecule has 0 aliphatic rings. The van der Waals surface area contributed by atoms with Gasteiger partial charge in [0.1, 0.15) is 29.5 Å². The number of nitrogens with zero attached hydrogens (tertiary/aromatic N) is 5. The molecule has 0 atom stereocenters. The summed E-state index contributed by atoms with van der Waals surface area (Å²) in [6.45, 7) is 5.49. The monoisotopic (exact) mass is 522 g/mol. The van der Waals surface area contributed by atoms with E-state index in [-0.39, 0.29) is 11.8 Å². The average Bonchev–Trinajstić information content (AvgIpc) is 3.33. The number of carbonyl (C=O) groups excluding carboxylic acids is 2. The molecule has 0 bridgehead atoms. The van der Waals surface area contributed by atoms with E-state index in [1.54, 1.807) is 53.5 Å². The van der Waals surface area contributed by atoms with Crippen molar-refractivity contribution in [2.75, 3.05) is 16.0 Å². The molecule has 3 heterocycles. The Hall–Kier alpha value is -5.32. The maximum Gasteiger partial charge on any atom is 0.324 e. The third kappa shape index (κ3) is 6.16. The first-order valence-electron chi connectivity index (χ1n) is 12.2. The van der Waals surface area contributed by atoms with Gasteiger partial charge in [-0.25, -0.2) is 24.4 Å². The van der Waals surface area contributed by atoms with Gasteiger partial charge in [-0.1, -0.05) is 13.8 Å². The van der Waals surface area contributed by atoms with E-state index >= 15 is 0 Å². The number of amides is 3. The van der Waals surface area contributed by atoms with Crippen molar-refractivity contribution in [2.45, 2.75) is 26.7 Å². The number of fused-ring (bicyclic) bond motifs is 1. The molecule has 11 nitrogen and oxygen atoms in total. The van der Waals surface area contributed by atoms with Crippen molar-refractivity contribution in [3.63, 3.8) is 0 Å². The van der Waals surface area contributed by atoms with Gasteiger partial charge in [-0.2, -0.15) is 5.10 Å². The zero-order valence-electron chi connectivity index (χ0n) is 21.5. The molecular weight excluding hydrogens is 496 g/mol. The van der Waals surface area contributed by atoms with Crippen LogP contribution in [0.5, 0.6) is 11.5 Å². The van der Waals surface area contributed by atoms with E-state index in [0.717, 1.165) is 22.3 Å². The van der Waals surface area contributed by atoms with Crippen LogP contribution < -0.4 is 20.7 Å². The molecule has 0 fully saturated rings. The topological polar surface area (TPSA) is 136 Å². The number of benzene rings is 2. The predicted molar refractivity (Wildman–Crippen MR) is 148 cm³/mol. The number of ether oxygens (including phenoxy) is 1. The largest absolute Gasteiger partial charge is 0.457 e. The maximum atomic E-state index is 12.9. The van der Waals surface area contributed by atoms with E-state index < -0.39 is 6.03 Å². The Labute approximate surface area is 224 Å². The minimum absolute atomic E-state index is 0.168. The normalized spacial score (nSPS) is 10.9. The molecule has 5 rings (SSSR count). The molecule has 39 heavy (non-hydrogen) atoms. The summed E-state index contributed by atoms with van der Waals surface area (Å²) in [5.41, 5.74) is 3.01. The molecule has 3 aromatic heterocycles. The van der Waals surface area contributed by atoms with Crippen LogP contribution in [0.3, 0.4) is 0 Å². The van der Waals surface area contributed by atoms with Gasteiger partial charge in [0.05, 0.1) is 16.9 Å². The van der Waals surface area contributed by atoms with Gasteiger partial charge in [-0.3, -0.25) is 10.1 Å². The van der Waals surface area contributed by atoms with Gasteiger partial charge in [0.15, 0.2) is 0 Å². The van der Waals surface area contributed by atoms with Crippen LogP contribution in [0.4, 0.5) is 22.1 Å². The van der Waals surface area contributed by atoms with Gasteiger partial charge >= 0.3 is 6.03 Å². The predicted octanol–water partition coefficient (Wildman–Crippen LogP) is 5.73. The van der Waals surface area contributed by atoms with Crippen molar-refractivity contribution in [2.24, 2.45) is 0 Å². The van der Waals surface area contributed by atoms with E-state index in [9.17, 15) is 9.59 Å². The molecule has 196 valence electrons. The van der Waals surface area contributed by atoms with Crippen molar-refractivity contribution < 1.29 is 14.3 Å². The first-order valence-corrected chi connectivity index (χ1v) is 12.2. The van der Waals surface area contributed by atoms with Crippen LogP contribution in [0, 0.1) is 0 Å². The number of anilines is 3. The Morgan fingerprint density at radius 3 is 2.49 bits per heavy atom. The van der Waals surface area contributed by atoms with Gasteiger partial charge in [-0.15, -0.1) is 0 Å². The lowest BCUT2D eigenvalue weighted by Crippen LogP contribution is -2.21. The van der Waals surface area contributed by atoms with Gasteiger partial charge in [0.25, 0.3) is 0 Å². The zero-order chi connectivity index (χ0) is 27.4. The van der Waals surface area contributed by atoms with Gasteiger partial charge in [0.2, 0.25) is 5.91 Å². The molecule has 0 aliphatic heterocycles. The molecule has 0 spiro atoms. The van der Waals surface area contributed by atoms with Gasteiger partial charge < -0.3 is 15.4 Å². The second-order valence-electron chi connectivity index (χ2n) is 9.05. The van der Waals surface area contributed by atoms with E-state index in [0.29, 0.717) is 28.8 Å². The van der Waals surface area contributed by atoms with Crippen molar-refractivity contribution in [1.29, 1.82) is 0 Å². The van der Waals surface area contributed by atoms with Crippen LogP contribution in [-0.4, -0.2) is 36.7 Å². The minimum Gasteiger partial charge on any atom is -0.457 e. The summed E-state index contributed by atoms with van der Waals surface area (Å²) in [4.78, 5) is 36.6. The van der Waals surface area contributed by atoms with Crippen molar-refractivity contribution in [3.05, 3.63) is 85.1 Å². The fourth-order valence-electron chi connectivity index (χ4n) is 3.82. The molecule has 0 unspecified atom stereocenters. The molecule has 0 radical (unpaired) electrons. The van der Waals surface area contributed by atoms with Gasteiger partial charge in [-0.05, 0) is 54.4 Å². The molecule has 3 N–H and O–H groups in total. The van der Waals surface area contributed by atoms with Crippen LogP contribution in [-0.2, 0) is 4.79 Å². The standard InChI is InChI=1S/C28H26N8O3/c1-17(2)25-14-27(36(35-25)21-6-9-24-19(12-21)15-29-16-31-24)34-28(38)33-20-4-7-22(8-5-20)39-23-10-11-30-26(13-23)32-18(3)37/h4-17H,1-3H3,(H,30,32,37)(H2,33,34,38). The summed E-state index contributed by atoms with van der Waals surface area (Å²) in [6, 6.07) is 17.4. The third-order valence-corrected chi connectivity index (χ3v) is 5.68. The first kappa shape index (κ1) is 25.3. The summed E-state index contributed by atoms with van der Waals surface area (Å²) < 4.78 is 7.53. The lowest BCUT2D eigenvalue weighted by molar-refractivity contribution is -0.114. The number of nitrogens with one attached hydrogen (secondary N) is 3. The Balaban J connectivity index is 1.29. The number of urea groups is 1. The molecule has 11 heteroatoms. The Morgan fingerprint density at radius 1 is 0.897 bits per heavy atom. The minimum atomic E-state index is -0.418. The van der Waals surface area contributed by atoms with Crippen LogP contribution in [0.2, 0.25) is 0 Å². The van der Waals surface area contributed by atoms with E-state index in [1.807, 2.05) is 38.1 Å². The quantitative estimate of drug-likeness (QED) is 0.248. The maximum absolute atomic E-state index is 12.9. The Morgan fingerprint density at radius 2 is 1.72 bits per heavy atom. The molecule has 0 saturated heterocycles. The Bertz CT molecular complexity index is 1650. The number of carbonyl (C=O) groups is 2. The number of hydrogen-bond donors (Lipinski definition) is 3. The van der Waals surface area contributed by atoms with E-state index in [1.165, 1.54) is 13.3 Å². The fraction of sp³-hybridized carbons (Fsp3) is 0.143. The molecular formula is C28H26N8O3. The highest BCUT2D eigenvalue weighted by atomic mass is 16.5. The van der Waals surface area contributed by atoms with Crippen LogP contribution in [0.1, 0.15) is 32.4 Å². The van der Waals surface area contributed by atoms with Crippen molar-refractivity contribution in [1.82, 2.24) is 24.7 Å². The zero-order valence-corrected chi connectivity index (χ0v) is 21.5. The lowest BCUT2D eigenvalue weighted by atomic mass is 10.1. The highest BCUT2D eigenvalue weighted by molar-refractivity contribution is 5.99. The molecule has 2 aromatic carbocycles. The van der Waals surface area contributed by atoms with E-state index in [4.69, 9.17) is 9.84 Å². The third-order valence-electron chi connectivity index (χ3n) is 5.68. The number of pyridine rings is 1. The molecule has 0 saturated carbocycles. The smallest absolute Gasteiger partial charge is 0.324 e.